The van der Waals surface area contributed by atoms with Crippen molar-refractivity contribution in [3.63, 3.8) is 0 Å². The molecule has 0 amide bonds. The molecule has 8 nitrogen and oxygen atoms in total. The van der Waals surface area contributed by atoms with Gasteiger partial charge in [-0.05, 0) is 12.8 Å². The van der Waals surface area contributed by atoms with Crippen LogP contribution in [0.3, 0.4) is 0 Å². The zero-order valence-corrected chi connectivity index (χ0v) is 11.9. The van der Waals surface area contributed by atoms with E-state index in [9.17, 15) is 9.59 Å². The zero-order valence-electron chi connectivity index (χ0n) is 11.9. The molecule has 0 unspecified atom stereocenters. The van der Waals surface area contributed by atoms with Gasteiger partial charge >= 0.3 is 11.9 Å². The first kappa shape index (κ1) is 21.1. The third kappa shape index (κ3) is 36.0. The lowest BCUT2D eigenvalue weighted by molar-refractivity contribution is -0.139. The van der Waals surface area contributed by atoms with Gasteiger partial charge in [-0.1, -0.05) is 0 Å². The largest absolute Gasteiger partial charge is 0.481 e. The summed E-state index contributed by atoms with van der Waals surface area (Å²) >= 11 is 0. The van der Waals surface area contributed by atoms with Crippen molar-refractivity contribution < 1.29 is 19.8 Å². The molecule has 1 aliphatic rings. The summed E-state index contributed by atoms with van der Waals surface area (Å²) in [7, 11) is 0. The first-order chi connectivity index (χ1) is 9.54. The number of nitrogens with one attached hydrogen (secondary N) is 2. The van der Waals surface area contributed by atoms with E-state index in [2.05, 4.69) is 10.6 Å². The summed E-state index contributed by atoms with van der Waals surface area (Å²) in [6.07, 6.45) is 1.02. The molecule has 8 N–H and O–H groups in total. The number of nitrogens with two attached hydrogens (primary N) is 2. The van der Waals surface area contributed by atoms with Crippen molar-refractivity contribution in [2.45, 2.75) is 25.7 Å². The van der Waals surface area contributed by atoms with Crippen molar-refractivity contribution in [2.75, 3.05) is 39.3 Å². The van der Waals surface area contributed by atoms with E-state index < -0.39 is 11.9 Å². The first-order valence-corrected chi connectivity index (χ1v) is 6.79. The Kier molecular flexibility index (Phi) is 18.7. The molecule has 0 aromatic carbocycles. The average Bonchev–Trinajstić information content (AvgIpc) is 3.24. The van der Waals surface area contributed by atoms with Gasteiger partial charge in [0.2, 0.25) is 0 Å². The van der Waals surface area contributed by atoms with Gasteiger partial charge in [0.1, 0.15) is 0 Å². The second-order valence-corrected chi connectivity index (χ2v) is 4.07. The van der Waals surface area contributed by atoms with E-state index in [0.717, 1.165) is 13.1 Å². The van der Waals surface area contributed by atoms with Crippen molar-refractivity contribution in [3.05, 3.63) is 0 Å². The van der Waals surface area contributed by atoms with Crippen molar-refractivity contribution in [3.8, 4) is 0 Å². The van der Waals surface area contributed by atoms with E-state index in [0.29, 0.717) is 25.9 Å². The lowest BCUT2D eigenvalue weighted by Crippen LogP contribution is -2.27. The fourth-order valence-corrected chi connectivity index (χ4v) is 0.882. The Hall–Kier alpha value is -1.22. The number of rotatable bonds is 9. The number of aliphatic carboxylic acids is 2. The number of carbonyl (C=O) groups is 2. The van der Waals surface area contributed by atoms with Crippen LogP contribution in [0.25, 0.3) is 0 Å². The summed E-state index contributed by atoms with van der Waals surface area (Å²) < 4.78 is 0. The molecule has 0 spiro atoms. The van der Waals surface area contributed by atoms with E-state index in [1.807, 2.05) is 0 Å². The zero-order chi connectivity index (χ0) is 15.6. The molecule has 120 valence electrons. The molecule has 20 heavy (non-hydrogen) atoms. The smallest absolute Gasteiger partial charge is 0.303 e. The molecule has 1 aliphatic heterocycles. The maximum atomic E-state index is 9.90. The average molecular weight is 292 g/mol. The summed E-state index contributed by atoms with van der Waals surface area (Å²) in [5.41, 5.74) is 10.3. The van der Waals surface area contributed by atoms with Gasteiger partial charge in [0.05, 0.1) is 0 Å². The highest BCUT2D eigenvalue weighted by Gasteiger charge is 1.99. The second kappa shape index (κ2) is 17.8. The Morgan fingerprint density at radius 3 is 1.50 bits per heavy atom. The van der Waals surface area contributed by atoms with E-state index in [4.69, 9.17) is 21.7 Å². The molecule has 1 fully saturated rings. The van der Waals surface area contributed by atoms with Crippen LogP contribution in [0.1, 0.15) is 25.7 Å². The van der Waals surface area contributed by atoms with Crippen LogP contribution in [-0.2, 0) is 9.59 Å². The molecular weight excluding hydrogens is 264 g/mol. The van der Waals surface area contributed by atoms with Crippen LogP contribution < -0.4 is 22.1 Å². The first-order valence-electron chi connectivity index (χ1n) is 6.79. The molecule has 0 atom stereocenters. The molecule has 0 aliphatic carbocycles. The van der Waals surface area contributed by atoms with Gasteiger partial charge in [-0.2, -0.15) is 0 Å². The van der Waals surface area contributed by atoms with E-state index in [-0.39, 0.29) is 12.8 Å². The Morgan fingerprint density at radius 2 is 1.30 bits per heavy atom. The Bertz CT molecular complexity index is 215. The number of hydrogen-bond donors (Lipinski definition) is 6. The van der Waals surface area contributed by atoms with Gasteiger partial charge < -0.3 is 32.3 Å². The summed E-state index contributed by atoms with van der Waals surface area (Å²) in [6.45, 7) is 5.63. The molecule has 0 aromatic rings. The standard InChI is InChI=1S/C6H10O4.C4H13N3.C2H5N/c7-5(8)3-1-2-4-6(9)10;5-1-3-7-4-2-6;1-2-3-1/h1-4H2,(H,7,8)(H,9,10);7H,1-6H2;3H,1-2H2. The number of unbranched alkanes of at least 4 members (excludes halogenated alkanes) is 1. The van der Waals surface area contributed by atoms with E-state index >= 15 is 0 Å². The maximum Gasteiger partial charge on any atom is 0.303 e. The lowest BCUT2D eigenvalue weighted by atomic mass is 10.2. The van der Waals surface area contributed by atoms with Crippen LogP contribution in [0.5, 0.6) is 0 Å². The van der Waals surface area contributed by atoms with Gasteiger partial charge in [-0.25, -0.2) is 0 Å². The van der Waals surface area contributed by atoms with Gasteiger partial charge in [0.15, 0.2) is 0 Å². The minimum absolute atomic E-state index is 0.0628. The van der Waals surface area contributed by atoms with Gasteiger partial charge in [-0.3, -0.25) is 9.59 Å². The Balaban J connectivity index is 0. The van der Waals surface area contributed by atoms with Crippen LogP contribution in [0.4, 0.5) is 0 Å². The van der Waals surface area contributed by atoms with Crippen LogP contribution in [0.15, 0.2) is 0 Å². The topological polar surface area (TPSA) is 161 Å². The van der Waals surface area contributed by atoms with Crippen molar-refractivity contribution >= 4 is 11.9 Å². The predicted molar refractivity (Wildman–Crippen MR) is 77.6 cm³/mol. The lowest BCUT2D eigenvalue weighted by Gasteiger charge is -1.95. The van der Waals surface area contributed by atoms with E-state index in [1.54, 1.807) is 0 Å². The minimum atomic E-state index is -0.870. The van der Waals surface area contributed by atoms with Crippen LogP contribution in [-0.4, -0.2) is 61.4 Å². The predicted octanol–water partition coefficient (Wildman–Crippen LogP) is -1.20. The number of hydrogen-bond acceptors (Lipinski definition) is 6. The summed E-state index contributed by atoms with van der Waals surface area (Å²) in [4.78, 5) is 19.8. The molecule has 1 saturated heterocycles. The monoisotopic (exact) mass is 292 g/mol. The van der Waals surface area contributed by atoms with Crippen LogP contribution in [0.2, 0.25) is 0 Å². The van der Waals surface area contributed by atoms with Crippen molar-refractivity contribution in [2.24, 2.45) is 11.5 Å². The fourth-order valence-electron chi connectivity index (χ4n) is 0.882. The molecule has 1 rings (SSSR count). The Morgan fingerprint density at radius 1 is 0.950 bits per heavy atom. The minimum Gasteiger partial charge on any atom is -0.481 e. The van der Waals surface area contributed by atoms with Crippen LogP contribution in [0, 0.1) is 0 Å². The number of carboxylic acids is 2. The summed E-state index contributed by atoms with van der Waals surface area (Å²) in [6, 6.07) is 0. The molecule has 0 saturated carbocycles. The SMILES string of the molecule is C1CN1.NCCNCCN.O=C(O)CCCCC(=O)O. The van der Waals surface area contributed by atoms with Gasteiger partial charge in [0, 0.05) is 52.1 Å². The van der Waals surface area contributed by atoms with Gasteiger partial charge in [0.25, 0.3) is 0 Å². The Labute approximate surface area is 119 Å². The highest BCUT2D eigenvalue weighted by Crippen LogP contribution is 1.98. The molecular formula is C12H28N4O4. The van der Waals surface area contributed by atoms with Crippen molar-refractivity contribution in [1.82, 2.24) is 10.6 Å². The number of carboxylic acid groups (broad SMARTS) is 2. The van der Waals surface area contributed by atoms with Gasteiger partial charge in [-0.15, -0.1) is 0 Å². The highest BCUT2D eigenvalue weighted by molar-refractivity contribution is 5.67. The normalized spacial score (nSPS) is 11.5. The molecule has 1 heterocycles. The van der Waals surface area contributed by atoms with Crippen LogP contribution >= 0.6 is 0 Å². The third-order valence-corrected chi connectivity index (χ3v) is 1.92. The molecule has 0 radical (unpaired) electrons. The summed E-state index contributed by atoms with van der Waals surface area (Å²) in [5, 5.41) is 22.3. The third-order valence-electron chi connectivity index (χ3n) is 1.92. The molecule has 8 heteroatoms. The maximum absolute atomic E-state index is 9.90. The quantitative estimate of drug-likeness (QED) is 0.228. The molecule has 0 aromatic heterocycles. The second-order valence-electron chi connectivity index (χ2n) is 4.07. The van der Waals surface area contributed by atoms with E-state index in [1.165, 1.54) is 13.1 Å². The van der Waals surface area contributed by atoms with Crippen molar-refractivity contribution in [1.29, 1.82) is 0 Å². The summed E-state index contributed by atoms with van der Waals surface area (Å²) in [5.74, 6) is -1.74. The fraction of sp³-hybridized carbons (Fsp3) is 0.833. The highest BCUT2D eigenvalue weighted by atomic mass is 16.4. The molecule has 0 bridgehead atoms.